The van der Waals surface area contributed by atoms with Crippen LogP contribution in [0.25, 0.3) is 0 Å². The number of hydrogen-bond acceptors (Lipinski definition) is 9. The highest BCUT2D eigenvalue weighted by molar-refractivity contribution is 6.30. The third-order valence-electron chi connectivity index (χ3n) is 14.5. The van der Waals surface area contributed by atoms with Gasteiger partial charge in [-0.2, -0.15) is 9.84 Å². The van der Waals surface area contributed by atoms with E-state index in [-0.39, 0.29) is 54.8 Å². The summed E-state index contributed by atoms with van der Waals surface area (Å²) in [5.74, 6) is -1.24. The first-order valence-corrected chi connectivity index (χ1v) is 25.4. The minimum atomic E-state index is -0.975. The number of hydrogen-bond donors (Lipinski definition) is 1. The first-order chi connectivity index (χ1) is 36.5. The number of benzene rings is 6. The van der Waals surface area contributed by atoms with Crippen molar-refractivity contribution in [2.24, 2.45) is 0 Å². The fourth-order valence-electron chi connectivity index (χ4n) is 10.8. The number of aliphatic carboxylic acids is 1. The second-order valence-corrected chi connectivity index (χ2v) is 19.9. The molecule has 0 unspecified atom stereocenters. The molecule has 0 atom stereocenters. The van der Waals surface area contributed by atoms with Gasteiger partial charge in [0, 0.05) is 61.8 Å². The van der Waals surface area contributed by atoms with E-state index in [1.54, 1.807) is 42.5 Å². The molecule has 0 aromatic heterocycles. The lowest BCUT2D eigenvalue weighted by Crippen LogP contribution is -2.39. The van der Waals surface area contributed by atoms with Gasteiger partial charge in [0.2, 0.25) is 5.69 Å². The van der Waals surface area contributed by atoms with Crippen molar-refractivity contribution in [3.05, 3.63) is 236 Å². The van der Waals surface area contributed by atoms with Gasteiger partial charge in [0.15, 0.2) is 35.4 Å². The Bertz CT molecular complexity index is 3300. The van der Waals surface area contributed by atoms with Gasteiger partial charge in [-0.3, -0.25) is 28.8 Å². The van der Waals surface area contributed by atoms with Crippen LogP contribution in [0.15, 0.2) is 175 Å². The number of rotatable bonds is 22. The first kappa shape index (κ1) is 53.7. The normalized spacial score (nSPS) is 14.8. The molecule has 6 aromatic carbocycles. The van der Waals surface area contributed by atoms with Gasteiger partial charge >= 0.3 is 5.97 Å². The predicted molar refractivity (Wildman–Crippen MR) is 294 cm³/mol. The lowest BCUT2D eigenvalue weighted by Gasteiger charge is -2.34. The molecule has 2 heterocycles. The fourth-order valence-corrected chi connectivity index (χ4v) is 11.0. The zero-order valence-corrected chi connectivity index (χ0v) is 43.6. The Morgan fingerprint density at radius 3 is 1.58 bits per heavy atom. The van der Waals surface area contributed by atoms with Crippen molar-refractivity contribution in [3.8, 4) is 6.07 Å². The number of halogens is 1. The van der Waals surface area contributed by atoms with Crippen LogP contribution in [0.1, 0.15) is 109 Å². The summed E-state index contributed by atoms with van der Waals surface area (Å²) < 4.78 is 7.34. The van der Waals surface area contributed by atoms with Crippen LogP contribution in [-0.4, -0.2) is 70.7 Å². The van der Waals surface area contributed by atoms with E-state index in [1.807, 2.05) is 120 Å². The smallest absolute Gasteiger partial charge is 0.309 e. The Morgan fingerprint density at radius 1 is 0.658 bits per heavy atom. The summed E-state index contributed by atoms with van der Waals surface area (Å²) >= 11 is 6.88. The number of carboxylic acids is 1. The van der Waals surface area contributed by atoms with Gasteiger partial charge in [0.05, 0.1) is 23.6 Å². The van der Waals surface area contributed by atoms with E-state index in [1.165, 1.54) is 27.7 Å². The van der Waals surface area contributed by atoms with Gasteiger partial charge in [-0.05, 0) is 118 Å². The molecule has 11 nitrogen and oxygen atoms in total. The van der Waals surface area contributed by atoms with Crippen molar-refractivity contribution in [1.82, 2.24) is 0 Å². The third kappa shape index (κ3) is 11.5. The fraction of sp³-hybridized carbons (Fsp3) is 0.219. The van der Waals surface area contributed by atoms with Crippen LogP contribution in [0.4, 0.5) is 11.4 Å². The second-order valence-electron chi connectivity index (χ2n) is 19.5. The van der Waals surface area contributed by atoms with Crippen molar-refractivity contribution < 1.29 is 43.2 Å². The third-order valence-corrected chi connectivity index (χ3v) is 14.8. The van der Waals surface area contributed by atoms with E-state index in [2.05, 4.69) is 17.0 Å². The van der Waals surface area contributed by atoms with E-state index < -0.39 is 16.8 Å². The highest BCUT2D eigenvalue weighted by Gasteiger charge is 2.51. The van der Waals surface area contributed by atoms with Crippen LogP contribution < -0.4 is 4.90 Å². The quantitative estimate of drug-likeness (QED) is 0.0173. The molecule has 0 saturated carbocycles. The molecule has 0 aliphatic carbocycles. The monoisotopic (exact) mass is 1030 g/mol. The van der Waals surface area contributed by atoms with Gasteiger partial charge in [0.25, 0.3) is 6.47 Å². The maximum absolute atomic E-state index is 12.4. The summed E-state index contributed by atoms with van der Waals surface area (Å²) in [4.78, 5) is 75.8. The molecular weight excluding hydrogens is 974 g/mol. The molecule has 2 aliphatic heterocycles. The van der Waals surface area contributed by atoms with Crippen molar-refractivity contribution in [2.75, 3.05) is 24.6 Å². The molecular formula is C64H57ClN3O8+. The molecule has 0 radical (unpaired) electrons. The lowest BCUT2D eigenvalue weighted by atomic mass is 9.69. The number of anilines is 1. The average molecular weight is 1030 g/mol. The number of para-hydroxylation sites is 1. The Balaban J connectivity index is 1.33. The molecule has 0 spiro atoms. The minimum absolute atomic E-state index is 0.0381. The van der Waals surface area contributed by atoms with Gasteiger partial charge in [0.1, 0.15) is 13.0 Å². The summed E-state index contributed by atoms with van der Waals surface area (Å²) in [6.07, 6.45) is 8.83. The Hall–Kier alpha value is -8.59. The molecule has 1 N–H and O–H groups in total. The maximum atomic E-state index is 12.4. The number of nitrogens with zero attached hydrogens (tertiary/aromatic N) is 3. The second kappa shape index (κ2) is 23.3. The molecule has 76 heavy (non-hydrogen) atoms. The minimum Gasteiger partial charge on any atom is -0.481 e. The number of ketones is 4. The van der Waals surface area contributed by atoms with Crippen molar-refractivity contribution >= 4 is 64.3 Å². The van der Waals surface area contributed by atoms with E-state index in [9.17, 15) is 39.1 Å². The maximum Gasteiger partial charge on any atom is 0.309 e. The molecule has 0 fully saturated rings. The molecule has 0 amide bonds. The Kier molecular flexibility index (Phi) is 16.5. The number of fused-ring (bicyclic) bond motifs is 2. The topological polar surface area (TPSA) is 162 Å². The number of carbonyl (C=O) groups is 6. The number of nitriles is 1. The van der Waals surface area contributed by atoms with Crippen molar-refractivity contribution in [3.63, 3.8) is 0 Å². The summed E-state index contributed by atoms with van der Waals surface area (Å²) in [5, 5.41) is 21.7. The zero-order valence-electron chi connectivity index (χ0n) is 42.8. The zero-order chi connectivity index (χ0) is 54.1. The van der Waals surface area contributed by atoms with E-state index in [4.69, 9.17) is 16.3 Å². The van der Waals surface area contributed by atoms with Crippen LogP contribution >= 0.6 is 11.6 Å². The SMILES string of the molecule is CC(=O)c1ccc(CC2(Cc3ccc(C(C)=O)cc3)C(=CC=C(C#N)C=CC3=[N+](CCC(=O)O)c4ccccc4C3(Cc3ccc(C(C)=O)cc3)Cc3ccc(C(C)=O)cc3)N(CCOC=O)c3ccc(Cl)cc32)cc1. The van der Waals surface area contributed by atoms with Gasteiger partial charge in [-0.1, -0.05) is 127 Å². The standard InChI is InChI=1S/C64H56ClN3O8/c1-42(70)51-19-9-46(10-20-51)36-63(37-47-11-21-52(22-12-47)43(2)71)56-7-5-6-8-58(56)67(32-31-62(74)75)60(63)29-17-50(40-66)18-30-61-64(38-48-13-23-53(24-14-48)44(3)72,39-49-15-25-54(26-16-49)45(4)73)57-35-55(65)27-28-59(57)68(61)33-34-76-41-69/h5-30,35,41H,31-34,36-39H2,1-4H3/p+1. The summed E-state index contributed by atoms with van der Waals surface area (Å²) in [6, 6.07) is 45.9. The lowest BCUT2D eigenvalue weighted by molar-refractivity contribution is -0.436. The molecule has 6 aromatic rings. The highest BCUT2D eigenvalue weighted by atomic mass is 35.5. The van der Waals surface area contributed by atoms with Gasteiger partial charge in [-0.15, -0.1) is 0 Å². The Labute approximate surface area is 447 Å². The first-order valence-electron chi connectivity index (χ1n) is 25.0. The van der Waals surface area contributed by atoms with Crippen LogP contribution in [-0.2, 0) is 50.8 Å². The molecule has 382 valence electrons. The average Bonchev–Trinajstić information content (AvgIpc) is 3.87. The van der Waals surface area contributed by atoms with Crippen LogP contribution in [0.2, 0.25) is 5.02 Å². The van der Waals surface area contributed by atoms with Crippen LogP contribution in [0, 0.1) is 11.3 Å². The Morgan fingerprint density at radius 2 is 1.13 bits per heavy atom. The van der Waals surface area contributed by atoms with Crippen LogP contribution in [0.3, 0.4) is 0 Å². The van der Waals surface area contributed by atoms with Crippen molar-refractivity contribution in [1.29, 1.82) is 5.26 Å². The predicted octanol–water partition coefficient (Wildman–Crippen LogP) is 11.8. The molecule has 0 saturated heterocycles. The van der Waals surface area contributed by atoms with Gasteiger partial charge in [-0.25, -0.2) is 0 Å². The molecule has 12 heteroatoms. The molecule has 2 aliphatic rings. The summed E-state index contributed by atoms with van der Waals surface area (Å²) in [7, 11) is 0. The summed E-state index contributed by atoms with van der Waals surface area (Å²) in [5.41, 5.74) is 9.47. The van der Waals surface area contributed by atoms with Crippen LogP contribution in [0.5, 0.6) is 0 Å². The summed E-state index contributed by atoms with van der Waals surface area (Å²) in [6.45, 7) is 6.89. The number of carboxylic acid groups (broad SMARTS) is 1. The number of allylic oxidation sites excluding steroid dienone is 6. The van der Waals surface area contributed by atoms with Crippen molar-refractivity contribution in [2.45, 2.75) is 70.6 Å². The number of ether oxygens (including phenoxy) is 1. The number of Topliss-reactive ketones (excluding diaryl/α,β-unsaturated/α-hetero) is 4. The van der Waals surface area contributed by atoms with Gasteiger partial charge < -0.3 is 14.7 Å². The van der Waals surface area contributed by atoms with E-state index >= 15 is 0 Å². The largest absolute Gasteiger partial charge is 0.481 e. The number of carbonyl (C=O) groups excluding carboxylic acids is 5. The molecule has 8 rings (SSSR count). The van der Waals surface area contributed by atoms with E-state index in [0.29, 0.717) is 59.4 Å². The molecule has 0 bridgehead atoms. The van der Waals surface area contributed by atoms with E-state index in [0.717, 1.165) is 56.2 Å². The highest BCUT2D eigenvalue weighted by Crippen LogP contribution is 2.53.